The van der Waals surface area contributed by atoms with Crippen LogP contribution < -0.4 is 5.32 Å². The minimum atomic E-state index is 0.608. The second-order valence-electron chi connectivity index (χ2n) is 3.26. The van der Waals surface area contributed by atoms with E-state index in [2.05, 4.69) is 45.9 Å². The van der Waals surface area contributed by atoms with E-state index in [1.807, 2.05) is 11.8 Å². The van der Waals surface area contributed by atoms with Crippen LogP contribution in [-0.2, 0) is 6.54 Å². The minimum absolute atomic E-state index is 0.608. The summed E-state index contributed by atoms with van der Waals surface area (Å²) >= 11 is 7.25. The van der Waals surface area contributed by atoms with Crippen LogP contribution in [0.1, 0.15) is 18.2 Å². The summed E-state index contributed by atoms with van der Waals surface area (Å²) < 4.78 is 1.23. The fraction of sp³-hybridized carbons (Fsp3) is 0.600. The molecule has 1 rings (SSSR count). The van der Waals surface area contributed by atoms with E-state index in [-0.39, 0.29) is 0 Å². The van der Waals surface area contributed by atoms with Crippen molar-refractivity contribution in [3.8, 4) is 0 Å². The molecule has 1 heterocycles. The Bertz CT molecular complexity index is 262. The average molecular weight is 294 g/mol. The van der Waals surface area contributed by atoms with Crippen LogP contribution in [-0.4, -0.2) is 18.1 Å². The van der Waals surface area contributed by atoms with Gasteiger partial charge in [0.2, 0.25) is 0 Å². The lowest BCUT2D eigenvalue weighted by Crippen LogP contribution is -2.25. The molecule has 0 amide bonds. The molecule has 0 radical (unpaired) electrons. The summed E-state index contributed by atoms with van der Waals surface area (Å²) in [6.45, 7) is 3.23. The number of thiophene rings is 1. The topological polar surface area (TPSA) is 12.0 Å². The first-order chi connectivity index (χ1) is 6.74. The molecule has 0 bridgehead atoms. The molecule has 1 unspecified atom stereocenters. The number of thioether (sulfide) groups is 1. The summed E-state index contributed by atoms with van der Waals surface area (Å²) in [5.74, 6) is 1.24. The summed E-state index contributed by atoms with van der Waals surface area (Å²) in [7, 11) is 0. The van der Waals surface area contributed by atoms with Crippen molar-refractivity contribution in [2.75, 3.05) is 12.0 Å². The molecule has 1 aromatic rings. The fourth-order valence-corrected chi connectivity index (χ4v) is 3.15. The minimum Gasteiger partial charge on any atom is -0.309 e. The molecule has 14 heavy (non-hydrogen) atoms. The van der Waals surface area contributed by atoms with E-state index in [0.29, 0.717) is 6.04 Å². The highest BCUT2D eigenvalue weighted by Gasteiger charge is 2.04. The van der Waals surface area contributed by atoms with Gasteiger partial charge in [0.1, 0.15) is 0 Å². The van der Waals surface area contributed by atoms with Gasteiger partial charge in [0.25, 0.3) is 0 Å². The lowest BCUT2D eigenvalue weighted by Gasteiger charge is -2.12. The third kappa shape index (κ3) is 4.34. The maximum Gasteiger partial charge on any atom is 0.0327 e. The molecule has 0 aliphatic rings. The van der Waals surface area contributed by atoms with Crippen molar-refractivity contribution >= 4 is 39.0 Å². The zero-order chi connectivity index (χ0) is 10.4. The van der Waals surface area contributed by atoms with Crippen molar-refractivity contribution in [1.82, 2.24) is 5.32 Å². The van der Waals surface area contributed by atoms with E-state index in [4.69, 9.17) is 0 Å². The second-order valence-corrected chi connectivity index (χ2v) is 6.10. The molecular formula is C10H16BrNS2. The summed E-state index contributed by atoms with van der Waals surface area (Å²) in [6.07, 6.45) is 3.40. The molecule has 1 N–H and O–H groups in total. The first-order valence-corrected chi connectivity index (χ1v) is 7.75. The third-order valence-corrected chi connectivity index (χ3v) is 4.63. The Kier molecular flexibility index (Phi) is 6.17. The van der Waals surface area contributed by atoms with Gasteiger partial charge in [0, 0.05) is 21.9 Å². The number of nitrogens with one attached hydrogen (secondary N) is 1. The molecule has 0 saturated heterocycles. The Morgan fingerprint density at radius 3 is 3.00 bits per heavy atom. The van der Waals surface area contributed by atoms with Crippen molar-refractivity contribution in [2.24, 2.45) is 0 Å². The van der Waals surface area contributed by atoms with Gasteiger partial charge in [0.05, 0.1) is 0 Å². The number of rotatable bonds is 6. The molecule has 0 aliphatic carbocycles. The molecule has 0 fully saturated rings. The predicted molar refractivity (Wildman–Crippen MR) is 71.3 cm³/mol. The Hall–Kier alpha value is 0.490. The Morgan fingerprint density at radius 2 is 2.43 bits per heavy atom. The largest absolute Gasteiger partial charge is 0.309 e. The summed E-state index contributed by atoms with van der Waals surface area (Å²) in [6, 6.07) is 2.71. The zero-order valence-corrected chi connectivity index (χ0v) is 11.8. The van der Waals surface area contributed by atoms with Crippen molar-refractivity contribution in [3.05, 3.63) is 20.8 Å². The molecular weight excluding hydrogens is 278 g/mol. The fourth-order valence-electron chi connectivity index (χ4n) is 1.11. The van der Waals surface area contributed by atoms with Gasteiger partial charge >= 0.3 is 0 Å². The van der Waals surface area contributed by atoms with Crippen LogP contribution in [0.5, 0.6) is 0 Å². The lowest BCUT2D eigenvalue weighted by molar-refractivity contribution is 0.540. The van der Waals surface area contributed by atoms with Gasteiger partial charge in [-0.3, -0.25) is 0 Å². The lowest BCUT2D eigenvalue weighted by atomic mass is 10.2. The SMILES string of the molecule is CSCCC(C)NCc1sccc1Br. The zero-order valence-electron chi connectivity index (χ0n) is 8.55. The normalized spacial score (nSPS) is 13.1. The summed E-state index contributed by atoms with van der Waals surface area (Å²) in [4.78, 5) is 1.39. The van der Waals surface area contributed by atoms with E-state index in [1.165, 1.54) is 21.5 Å². The Balaban J connectivity index is 2.23. The molecule has 1 atom stereocenters. The molecule has 0 spiro atoms. The van der Waals surface area contributed by atoms with Crippen molar-refractivity contribution < 1.29 is 0 Å². The van der Waals surface area contributed by atoms with Crippen LogP contribution >= 0.6 is 39.0 Å². The van der Waals surface area contributed by atoms with E-state index in [0.717, 1.165) is 6.54 Å². The van der Waals surface area contributed by atoms with E-state index >= 15 is 0 Å². The second kappa shape index (κ2) is 6.88. The highest BCUT2D eigenvalue weighted by molar-refractivity contribution is 9.10. The van der Waals surface area contributed by atoms with Gasteiger partial charge in [-0.05, 0) is 52.7 Å². The van der Waals surface area contributed by atoms with Crippen LogP contribution in [0.4, 0.5) is 0 Å². The summed E-state index contributed by atoms with van der Waals surface area (Å²) in [5.41, 5.74) is 0. The number of hydrogen-bond acceptors (Lipinski definition) is 3. The standard InChI is InChI=1S/C10H16BrNS2/c1-8(3-5-13-2)12-7-10-9(11)4-6-14-10/h4,6,8,12H,3,5,7H2,1-2H3. The molecule has 0 saturated carbocycles. The van der Waals surface area contributed by atoms with Crippen molar-refractivity contribution in [1.29, 1.82) is 0 Å². The van der Waals surface area contributed by atoms with Crippen LogP contribution in [0.2, 0.25) is 0 Å². The van der Waals surface area contributed by atoms with E-state index in [9.17, 15) is 0 Å². The van der Waals surface area contributed by atoms with E-state index < -0.39 is 0 Å². The van der Waals surface area contributed by atoms with Gasteiger partial charge in [-0.25, -0.2) is 0 Å². The molecule has 1 aromatic heterocycles. The maximum absolute atomic E-state index is 3.54. The smallest absolute Gasteiger partial charge is 0.0327 e. The summed E-state index contributed by atoms with van der Waals surface area (Å²) in [5, 5.41) is 5.65. The van der Waals surface area contributed by atoms with Gasteiger partial charge in [-0.1, -0.05) is 0 Å². The molecule has 1 nitrogen and oxygen atoms in total. The molecule has 80 valence electrons. The van der Waals surface area contributed by atoms with Crippen molar-refractivity contribution in [3.63, 3.8) is 0 Å². The molecule has 0 aliphatic heterocycles. The van der Waals surface area contributed by atoms with Gasteiger partial charge in [0.15, 0.2) is 0 Å². The first-order valence-electron chi connectivity index (χ1n) is 4.68. The van der Waals surface area contributed by atoms with Gasteiger partial charge < -0.3 is 5.32 Å². The quantitative estimate of drug-likeness (QED) is 0.857. The first kappa shape index (κ1) is 12.6. The van der Waals surface area contributed by atoms with Gasteiger partial charge in [-0.2, -0.15) is 11.8 Å². The monoisotopic (exact) mass is 293 g/mol. The Labute approximate surface area is 103 Å². The third-order valence-electron chi connectivity index (χ3n) is 2.06. The van der Waals surface area contributed by atoms with E-state index in [1.54, 1.807) is 11.3 Å². The molecule has 0 aromatic carbocycles. The highest BCUT2D eigenvalue weighted by Crippen LogP contribution is 2.22. The van der Waals surface area contributed by atoms with Crippen LogP contribution in [0.15, 0.2) is 15.9 Å². The van der Waals surface area contributed by atoms with Gasteiger partial charge in [-0.15, -0.1) is 11.3 Å². The average Bonchev–Trinajstić information content (AvgIpc) is 2.58. The van der Waals surface area contributed by atoms with Crippen LogP contribution in [0, 0.1) is 0 Å². The number of halogens is 1. The van der Waals surface area contributed by atoms with Crippen LogP contribution in [0.3, 0.4) is 0 Å². The number of hydrogen-bond donors (Lipinski definition) is 1. The molecule has 4 heteroatoms. The maximum atomic E-state index is 3.54. The van der Waals surface area contributed by atoms with Crippen molar-refractivity contribution in [2.45, 2.75) is 25.9 Å². The van der Waals surface area contributed by atoms with Crippen LogP contribution in [0.25, 0.3) is 0 Å². The Morgan fingerprint density at radius 1 is 1.64 bits per heavy atom. The predicted octanol–water partition coefficient (Wildman–Crippen LogP) is 3.74. The highest BCUT2D eigenvalue weighted by atomic mass is 79.9.